The molecule has 110 valence electrons. The van der Waals surface area contributed by atoms with Gasteiger partial charge in [0.2, 0.25) is 0 Å². The van der Waals surface area contributed by atoms with Crippen molar-refractivity contribution < 1.29 is 9.72 Å². The number of nitrogens with one attached hydrogen (secondary N) is 3. The van der Waals surface area contributed by atoms with Gasteiger partial charge in [-0.1, -0.05) is 0 Å². The summed E-state index contributed by atoms with van der Waals surface area (Å²) in [6, 6.07) is 3.43. The number of aromatic nitrogens is 2. The van der Waals surface area contributed by atoms with E-state index in [0.717, 1.165) is 0 Å². The molecule has 0 bridgehead atoms. The Morgan fingerprint density at radius 3 is 2.86 bits per heavy atom. The average Bonchev–Trinajstić information content (AvgIpc) is 3.00. The zero-order chi connectivity index (χ0) is 15.4. The first-order valence-corrected chi connectivity index (χ1v) is 6.08. The van der Waals surface area contributed by atoms with Crippen molar-refractivity contribution in [2.45, 2.75) is 13.0 Å². The molecule has 21 heavy (non-hydrogen) atoms. The van der Waals surface area contributed by atoms with E-state index in [0.29, 0.717) is 11.5 Å². The third-order valence-electron chi connectivity index (χ3n) is 2.89. The maximum Gasteiger partial charge on any atom is 0.270 e. The number of rotatable bonds is 5. The molecular formula is C12H14N6O3. The first kappa shape index (κ1) is 14.5. The molecule has 0 saturated carbocycles. The fourth-order valence-corrected chi connectivity index (χ4v) is 1.82. The fourth-order valence-electron chi connectivity index (χ4n) is 1.82. The Bertz CT molecular complexity index is 655. The quantitative estimate of drug-likeness (QED) is 0.369. The van der Waals surface area contributed by atoms with Crippen LogP contribution in [0.1, 0.15) is 29.1 Å². The SMILES string of the molecule is CC(NC(=O)c1cc([N+](=O)[O-])ccc1NN)c1ncc[nH]1. The van der Waals surface area contributed by atoms with Gasteiger partial charge >= 0.3 is 0 Å². The maximum absolute atomic E-state index is 12.2. The van der Waals surface area contributed by atoms with Crippen molar-refractivity contribution >= 4 is 17.3 Å². The summed E-state index contributed by atoms with van der Waals surface area (Å²) in [7, 11) is 0. The normalized spacial score (nSPS) is 11.7. The van der Waals surface area contributed by atoms with Crippen molar-refractivity contribution in [1.82, 2.24) is 15.3 Å². The lowest BCUT2D eigenvalue weighted by Crippen LogP contribution is -2.28. The van der Waals surface area contributed by atoms with Gasteiger partial charge in [0.25, 0.3) is 11.6 Å². The first-order valence-electron chi connectivity index (χ1n) is 6.08. The molecule has 1 amide bonds. The smallest absolute Gasteiger partial charge is 0.270 e. The number of nitro groups is 1. The van der Waals surface area contributed by atoms with E-state index < -0.39 is 10.8 Å². The van der Waals surface area contributed by atoms with Crippen molar-refractivity contribution in [2.24, 2.45) is 5.84 Å². The summed E-state index contributed by atoms with van der Waals surface area (Å²) in [6.45, 7) is 1.74. The van der Waals surface area contributed by atoms with Crippen LogP contribution in [0, 0.1) is 10.1 Å². The van der Waals surface area contributed by atoms with Gasteiger partial charge in [-0.3, -0.25) is 20.8 Å². The number of nitrogen functional groups attached to an aromatic ring is 1. The average molecular weight is 290 g/mol. The minimum absolute atomic E-state index is 0.0881. The Morgan fingerprint density at radius 1 is 1.52 bits per heavy atom. The third kappa shape index (κ3) is 3.15. The van der Waals surface area contributed by atoms with E-state index in [1.54, 1.807) is 19.3 Å². The van der Waals surface area contributed by atoms with Crippen molar-refractivity contribution in [3.8, 4) is 0 Å². The number of amides is 1. The Hall–Kier alpha value is -2.94. The number of hydrogen-bond acceptors (Lipinski definition) is 6. The number of hydrogen-bond donors (Lipinski definition) is 4. The van der Waals surface area contributed by atoms with Gasteiger partial charge in [-0.05, 0) is 13.0 Å². The van der Waals surface area contributed by atoms with Gasteiger partial charge in [0.1, 0.15) is 5.82 Å². The molecule has 0 aliphatic carbocycles. The van der Waals surface area contributed by atoms with E-state index in [1.807, 2.05) is 0 Å². The van der Waals surface area contributed by atoms with E-state index in [9.17, 15) is 14.9 Å². The van der Waals surface area contributed by atoms with Crippen LogP contribution in [0.15, 0.2) is 30.6 Å². The summed E-state index contributed by atoms with van der Waals surface area (Å²) in [6.07, 6.45) is 3.20. The summed E-state index contributed by atoms with van der Waals surface area (Å²) in [5, 5.41) is 13.5. The van der Waals surface area contributed by atoms with Crippen LogP contribution in [0.25, 0.3) is 0 Å². The van der Waals surface area contributed by atoms with E-state index in [2.05, 4.69) is 20.7 Å². The predicted octanol–water partition coefficient (Wildman–Crippen LogP) is 1.09. The standard InChI is InChI=1S/C12H14N6O3/c1-7(11-14-4-5-15-11)16-12(19)9-6-8(18(20)21)2-3-10(9)17-13/h2-7,17H,13H2,1H3,(H,14,15)(H,16,19). The van der Waals surface area contributed by atoms with Crippen LogP contribution in [0.2, 0.25) is 0 Å². The molecule has 9 nitrogen and oxygen atoms in total. The zero-order valence-corrected chi connectivity index (χ0v) is 11.2. The van der Waals surface area contributed by atoms with Crippen molar-refractivity contribution in [1.29, 1.82) is 0 Å². The molecular weight excluding hydrogens is 276 g/mol. The van der Waals surface area contributed by atoms with E-state index >= 15 is 0 Å². The lowest BCUT2D eigenvalue weighted by Gasteiger charge is -2.13. The summed E-state index contributed by atoms with van der Waals surface area (Å²) in [5.41, 5.74) is 2.54. The van der Waals surface area contributed by atoms with Gasteiger partial charge in [0.05, 0.1) is 22.2 Å². The molecule has 0 aliphatic heterocycles. The van der Waals surface area contributed by atoms with Crippen LogP contribution in [0.5, 0.6) is 0 Å². The summed E-state index contributed by atoms with van der Waals surface area (Å²) in [4.78, 5) is 29.4. The number of aromatic amines is 1. The highest BCUT2D eigenvalue weighted by atomic mass is 16.6. The predicted molar refractivity (Wildman–Crippen MR) is 75.4 cm³/mol. The minimum atomic E-state index is -0.576. The highest BCUT2D eigenvalue weighted by Crippen LogP contribution is 2.22. The molecule has 0 spiro atoms. The first-order chi connectivity index (χ1) is 10.0. The van der Waals surface area contributed by atoms with E-state index in [1.165, 1.54) is 18.2 Å². The molecule has 0 aliphatic rings. The van der Waals surface area contributed by atoms with Gasteiger partial charge in [-0.15, -0.1) is 0 Å². The Balaban J connectivity index is 2.25. The molecule has 2 aromatic rings. The van der Waals surface area contributed by atoms with Crippen LogP contribution in [-0.2, 0) is 0 Å². The Morgan fingerprint density at radius 2 is 2.29 bits per heavy atom. The number of benzene rings is 1. The molecule has 1 aromatic carbocycles. The topological polar surface area (TPSA) is 139 Å². The number of carbonyl (C=O) groups is 1. The summed E-state index contributed by atoms with van der Waals surface area (Å²) in [5.74, 6) is 5.41. The van der Waals surface area contributed by atoms with Gasteiger partial charge in [-0.2, -0.15) is 0 Å². The number of nitrogens with two attached hydrogens (primary N) is 1. The van der Waals surface area contributed by atoms with Gasteiger partial charge in [-0.25, -0.2) is 4.98 Å². The number of H-pyrrole nitrogens is 1. The molecule has 1 heterocycles. The molecule has 0 fully saturated rings. The lowest BCUT2D eigenvalue weighted by molar-refractivity contribution is -0.384. The van der Waals surface area contributed by atoms with Crippen LogP contribution in [0.4, 0.5) is 11.4 Å². The Kier molecular flexibility index (Phi) is 4.14. The summed E-state index contributed by atoms with van der Waals surface area (Å²) < 4.78 is 0. The van der Waals surface area contributed by atoms with Crippen molar-refractivity contribution in [2.75, 3.05) is 5.43 Å². The fraction of sp³-hybridized carbons (Fsp3) is 0.167. The second kappa shape index (κ2) is 6.01. The molecule has 0 radical (unpaired) electrons. The van der Waals surface area contributed by atoms with Gasteiger partial charge in [0.15, 0.2) is 0 Å². The number of carbonyl (C=O) groups excluding carboxylic acids is 1. The number of imidazole rings is 1. The highest BCUT2D eigenvalue weighted by Gasteiger charge is 2.19. The number of anilines is 1. The molecule has 1 aromatic heterocycles. The van der Waals surface area contributed by atoms with E-state index in [-0.39, 0.29) is 17.3 Å². The second-order valence-corrected chi connectivity index (χ2v) is 4.30. The number of non-ortho nitro benzene ring substituents is 1. The molecule has 2 rings (SSSR count). The van der Waals surface area contributed by atoms with Crippen LogP contribution < -0.4 is 16.6 Å². The van der Waals surface area contributed by atoms with Crippen LogP contribution >= 0.6 is 0 Å². The molecule has 5 N–H and O–H groups in total. The second-order valence-electron chi connectivity index (χ2n) is 4.30. The Labute approximate surface area is 119 Å². The molecule has 9 heteroatoms. The number of nitrogens with zero attached hydrogens (tertiary/aromatic N) is 2. The van der Waals surface area contributed by atoms with Crippen LogP contribution in [-0.4, -0.2) is 20.8 Å². The summed E-state index contributed by atoms with van der Waals surface area (Å²) >= 11 is 0. The van der Waals surface area contributed by atoms with Crippen molar-refractivity contribution in [3.05, 3.63) is 52.1 Å². The molecule has 1 atom stereocenters. The lowest BCUT2D eigenvalue weighted by atomic mass is 10.1. The van der Waals surface area contributed by atoms with E-state index in [4.69, 9.17) is 5.84 Å². The molecule has 1 unspecified atom stereocenters. The molecule has 0 saturated heterocycles. The third-order valence-corrected chi connectivity index (χ3v) is 2.89. The highest BCUT2D eigenvalue weighted by molar-refractivity contribution is 6.00. The monoisotopic (exact) mass is 290 g/mol. The van der Waals surface area contributed by atoms with Crippen molar-refractivity contribution in [3.63, 3.8) is 0 Å². The number of hydrazine groups is 1. The maximum atomic E-state index is 12.2. The van der Waals surface area contributed by atoms with Gasteiger partial charge < -0.3 is 15.7 Å². The number of nitro benzene ring substituents is 1. The largest absolute Gasteiger partial charge is 0.347 e. The van der Waals surface area contributed by atoms with Crippen LogP contribution in [0.3, 0.4) is 0 Å². The minimum Gasteiger partial charge on any atom is -0.347 e. The zero-order valence-electron chi connectivity index (χ0n) is 11.2. The van der Waals surface area contributed by atoms with Gasteiger partial charge in [0, 0.05) is 24.5 Å².